The summed E-state index contributed by atoms with van der Waals surface area (Å²) < 4.78 is 2.26. The van der Waals surface area contributed by atoms with Gasteiger partial charge in [-0.05, 0) is 37.1 Å². The summed E-state index contributed by atoms with van der Waals surface area (Å²) in [7, 11) is 0. The zero-order valence-corrected chi connectivity index (χ0v) is 9.99. The molecule has 0 bridgehead atoms. The Bertz CT molecular complexity index is 443. The van der Waals surface area contributed by atoms with Crippen molar-refractivity contribution in [2.45, 2.75) is 38.1 Å². The molecule has 1 aliphatic carbocycles. The Morgan fingerprint density at radius 3 is 3.06 bits per heavy atom. The van der Waals surface area contributed by atoms with E-state index in [2.05, 4.69) is 32.3 Å². The van der Waals surface area contributed by atoms with Gasteiger partial charge in [-0.25, -0.2) is 0 Å². The van der Waals surface area contributed by atoms with E-state index in [1.807, 2.05) is 17.7 Å². The van der Waals surface area contributed by atoms with Crippen molar-refractivity contribution in [3.63, 3.8) is 0 Å². The zero-order chi connectivity index (χ0) is 10.8. The van der Waals surface area contributed by atoms with Gasteiger partial charge in [0.2, 0.25) is 0 Å². The number of aryl methyl sites for hydroxylation is 2. The third-order valence-corrected chi connectivity index (χ3v) is 3.93. The summed E-state index contributed by atoms with van der Waals surface area (Å²) in [6.07, 6.45) is 7.87. The Hall–Kier alpha value is -1.16. The standard InChI is InChI=1S/C12H15N3S/c1(3-11-4-2-8-16-11)5-12-14-13-9-15(12)10-6-7-10/h2,4,8-10H,1,3,5-7H2. The lowest BCUT2D eigenvalue weighted by Gasteiger charge is -2.03. The Morgan fingerprint density at radius 1 is 1.38 bits per heavy atom. The second kappa shape index (κ2) is 4.37. The highest BCUT2D eigenvalue weighted by molar-refractivity contribution is 7.09. The molecule has 84 valence electrons. The van der Waals surface area contributed by atoms with Gasteiger partial charge in [-0.2, -0.15) is 0 Å². The fourth-order valence-corrected chi connectivity index (χ4v) is 2.73. The van der Waals surface area contributed by atoms with Gasteiger partial charge in [-0.3, -0.25) is 0 Å². The van der Waals surface area contributed by atoms with Crippen molar-refractivity contribution in [3.8, 4) is 0 Å². The van der Waals surface area contributed by atoms with Gasteiger partial charge in [0, 0.05) is 17.3 Å². The molecule has 0 radical (unpaired) electrons. The van der Waals surface area contributed by atoms with Crippen LogP contribution >= 0.6 is 11.3 Å². The first kappa shape index (κ1) is 10.0. The van der Waals surface area contributed by atoms with Crippen molar-refractivity contribution in [2.75, 3.05) is 0 Å². The van der Waals surface area contributed by atoms with Crippen LogP contribution in [0.1, 0.15) is 36.0 Å². The first-order valence-electron chi connectivity index (χ1n) is 5.84. The van der Waals surface area contributed by atoms with Gasteiger partial charge in [-0.15, -0.1) is 21.5 Å². The van der Waals surface area contributed by atoms with E-state index in [0.717, 1.165) is 12.8 Å². The summed E-state index contributed by atoms with van der Waals surface area (Å²) >= 11 is 1.84. The van der Waals surface area contributed by atoms with E-state index in [0.29, 0.717) is 6.04 Å². The first-order valence-corrected chi connectivity index (χ1v) is 6.72. The number of nitrogens with zero attached hydrogens (tertiary/aromatic N) is 3. The summed E-state index contributed by atoms with van der Waals surface area (Å²) in [4.78, 5) is 1.47. The molecule has 1 aliphatic rings. The zero-order valence-electron chi connectivity index (χ0n) is 9.17. The Balaban J connectivity index is 1.56. The number of rotatable bonds is 5. The summed E-state index contributed by atoms with van der Waals surface area (Å²) in [6, 6.07) is 5.02. The number of thiophene rings is 1. The molecule has 16 heavy (non-hydrogen) atoms. The number of hydrogen-bond acceptors (Lipinski definition) is 3. The molecule has 0 spiro atoms. The lowest BCUT2D eigenvalue weighted by molar-refractivity contribution is 0.656. The van der Waals surface area contributed by atoms with Crippen molar-refractivity contribution >= 4 is 11.3 Å². The molecule has 3 rings (SSSR count). The molecule has 0 saturated heterocycles. The van der Waals surface area contributed by atoms with Crippen LogP contribution in [0.2, 0.25) is 0 Å². The van der Waals surface area contributed by atoms with Crippen LogP contribution in [0, 0.1) is 0 Å². The predicted molar refractivity (Wildman–Crippen MR) is 64.6 cm³/mol. The van der Waals surface area contributed by atoms with Crippen molar-refractivity contribution in [1.29, 1.82) is 0 Å². The van der Waals surface area contributed by atoms with E-state index in [9.17, 15) is 0 Å². The molecule has 3 nitrogen and oxygen atoms in total. The van der Waals surface area contributed by atoms with Crippen LogP contribution in [0.5, 0.6) is 0 Å². The molecule has 2 heterocycles. The van der Waals surface area contributed by atoms with E-state index in [1.165, 1.54) is 30.0 Å². The van der Waals surface area contributed by atoms with Gasteiger partial charge >= 0.3 is 0 Å². The van der Waals surface area contributed by atoms with E-state index in [-0.39, 0.29) is 0 Å². The van der Waals surface area contributed by atoms with Crippen LogP contribution in [0.15, 0.2) is 23.8 Å². The fourth-order valence-electron chi connectivity index (χ4n) is 1.98. The molecule has 0 aromatic carbocycles. The van der Waals surface area contributed by atoms with Crippen LogP contribution in [-0.4, -0.2) is 14.8 Å². The summed E-state index contributed by atoms with van der Waals surface area (Å²) in [5.41, 5.74) is 0. The third kappa shape index (κ3) is 2.16. The van der Waals surface area contributed by atoms with Gasteiger partial charge < -0.3 is 4.57 Å². The van der Waals surface area contributed by atoms with Crippen LogP contribution in [0.3, 0.4) is 0 Å². The molecule has 0 aliphatic heterocycles. The molecular formula is C12H15N3S. The highest BCUT2D eigenvalue weighted by Gasteiger charge is 2.25. The topological polar surface area (TPSA) is 30.7 Å². The minimum atomic E-state index is 0.701. The van der Waals surface area contributed by atoms with E-state index < -0.39 is 0 Å². The molecule has 0 unspecified atom stereocenters. The van der Waals surface area contributed by atoms with Crippen LogP contribution < -0.4 is 0 Å². The number of hydrogen-bond donors (Lipinski definition) is 0. The summed E-state index contributed by atoms with van der Waals surface area (Å²) in [5.74, 6) is 1.17. The Morgan fingerprint density at radius 2 is 2.31 bits per heavy atom. The van der Waals surface area contributed by atoms with Gasteiger partial charge in [-0.1, -0.05) is 6.07 Å². The summed E-state index contributed by atoms with van der Waals surface area (Å²) in [5, 5.41) is 10.4. The molecule has 0 atom stereocenters. The van der Waals surface area contributed by atoms with Gasteiger partial charge in [0.25, 0.3) is 0 Å². The second-order valence-corrected chi connectivity index (χ2v) is 5.35. The highest BCUT2D eigenvalue weighted by Crippen LogP contribution is 2.35. The largest absolute Gasteiger partial charge is 0.314 e. The smallest absolute Gasteiger partial charge is 0.133 e. The van der Waals surface area contributed by atoms with Crippen LogP contribution in [0.4, 0.5) is 0 Å². The molecule has 2 aromatic rings. The molecule has 2 aromatic heterocycles. The van der Waals surface area contributed by atoms with Crippen LogP contribution in [-0.2, 0) is 12.8 Å². The van der Waals surface area contributed by atoms with Crippen molar-refractivity contribution in [1.82, 2.24) is 14.8 Å². The van der Waals surface area contributed by atoms with Crippen LogP contribution in [0.25, 0.3) is 0 Å². The van der Waals surface area contributed by atoms with Gasteiger partial charge in [0.15, 0.2) is 0 Å². The maximum Gasteiger partial charge on any atom is 0.133 e. The third-order valence-electron chi connectivity index (χ3n) is 2.99. The number of aromatic nitrogens is 3. The summed E-state index contributed by atoms with van der Waals surface area (Å²) in [6.45, 7) is 0. The molecule has 0 amide bonds. The fraction of sp³-hybridized carbons (Fsp3) is 0.500. The molecule has 0 N–H and O–H groups in total. The molecule has 4 heteroatoms. The molecular weight excluding hydrogens is 218 g/mol. The maximum atomic E-state index is 4.21. The maximum absolute atomic E-state index is 4.21. The van der Waals surface area contributed by atoms with E-state index in [1.54, 1.807) is 0 Å². The lowest BCUT2D eigenvalue weighted by Crippen LogP contribution is -2.01. The van der Waals surface area contributed by atoms with Crippen molar-refractivity contribution in [2.24, 2.45) is 0 Å². The second-order valence-electron chi connectivity index (χ2n) is 4.32. The lowest BCUT2D eigenvalue weighted by atomic mass is 10.2. The van der Waals surface area contributed by atoms with Gasteiger partial charge in [0.05, 0.1) is 0 Å². The predicted octanol–water partition coefficient (Wildman–Crippen LogP) is 2.85. The molecule has 1 saturated carbocycles. The van der Waals surface area contributed by atoms with Crippen molar-refractivity contribution < 1.29 is 0 Å². The van der Waals surface area contributed by atoms with Gasteiger partial charge in [0.1, 0.15) is 12.2 Å². The SMILES string of the molecule is c1csc(CCCc2nncn2C2CC2)c1. The first-order chi connectivity index (χ1) is 7.93. The Labute approximate surface area is 99.1 Å². The highest BCUT2D eigenvalue weighted by atomic mass is 32.1. The molecule has 1 fully saturated rings. The minimum absolute atomic E-state index is 0.701. The monoisotopic (exact) mass is 233 g/mol. The average Bonchev–Trinajstić information content (AvgIpc) is 2.82. The van der Waals surface area contributed by atoms with E-state index in [4.69, 9.17) is 0 Å². The van der Waals surface area contributed by atoms with Crippen molar-refractivity contribution in [3.05, 3.63) is 34.5 Å². The quantitative estimate of drug-likeness (QED) is 0.795. The van der Waals surface area contributed by atoms with E-state index >= 15 is 0 Å². The average molecular weight is 233 g/mol. The Kier molecular flexibility index (Phi) is 2.74. The minimum Gasteiger partial charge on any atom is -0.314 e. The normalized spacial score (nSPS) is 15.5.